The van der Waals surface area contributed by atoms with Crippen molar-refractivity contribution in [1.29, 1.82) is 0 Å². The Kier molecular flexibility index (Phi) is 3.54. The summed E-state index contributed by atoms with van der Waals surface area (Å²) >= 11 is 0. The van der Waals surface area contributed by atoms with E-state index in [1.54, 1.807) is 27.8 Å². The molecule has 0 aromatic carbocycles. The fourth-order valence-corrected chi connectivity index (χ4v) is 1.91. The fourth-order valence-electron chi connectivity index (χ4n) is 1.91. The molecule has 21 heavy (non-hydrogen) atoms. The smallest absolute Gasteiger partial charge is 0.412 e. The summed E-state index contributed by atoms with van der Waals surface area (Å²) in [5.74, 6) is -1.19. The Balaban J connectivity index is 2.50. The van der Waals surface area contributed by atoms with Crippen LogP contribution in [0.5, 0.6) is 0 Å². The van der Waals surface area contributed by atoms with Gasteiger partial charge in [-0.1, -0.05) is 0 Å². The summed E-state index contributed by atoms with van der Waals surface area (Å²) in [7, 11) is 1.54. The molecular weight excluding hydrogens is 276 g/mol. The molecule has 0 atom stereocenters. The van der Waals surface area contributed by atoms with Crippen molar-refractivity contribution < 1.29 is 19.4 Å². The van der Waals surface area contributed by atoms with Gasteiger partial charge in [-0.3, -0.25) is 5.32 Å². The molecule has 0 aliphatic heterocycles. The number of aromatic carboxylic acids is 1. The number of anilines is 1. The van der Waals surface area contributed by atoms with Crippen LogP contribution in [0.4, 0.5) is 10.5 Å². The van der Waals surface area contributed by atoms with E-state index in [1.165, 1.54) is 17.0 Å². The van der Waals surface area contributed by atoms with Gasteiger partial charge in [0.2, 0.25) is 0 Å². The Labute approximate surface area is 120 Å². The van der Waals surface area contributed by atoms with Gasteiger partial charge in [0, 0.05) is 19.4 Å². The minimum absolute atomic E-state index is 0.0716. The second kappa shape index (κ2) is 5.04. The Bertz CT molecular complexity index is 715. The molecule has 2 rings (SSSR count). The average molecular weight is 292 g/mol. The predicted octanol–water partition coefficient (Wildman–Crippen LogP) is 2.01. The van der Waals surface area contributed by atoms with E-state index >= 15 is 0 Å². The van der Waals surface area contributed by atoms with Crippen LogP contribution in [0, 0.1) is 0 Å². The summed E-state index contributed by atoms with van der Waals surface area (Å²) in [5, 5.41) is 11.8. The number of hydrogen-bond donors (Lipinski definition) is 2. The molecule has 0 aliphatic carbocycles. The number of aryl methyl sites for hydroxylation is 1. The Morgan fingerprint density at radius 2 is 1.90 bits per heavy atom. The predicted molar refractivity (Wildman–Crippen MR) is 75.3 cm³/mol. The Morgan fingerprint density at radius 1 is 1.29 bits per heavy atom. The van der Waals surface area contributed by atoms with Crippen LogP contribution in [0.25, 0.3) is 11.2 Å². The maximum absolute atomic E-state index is 11.9. The van der Waals surface area contributed by atoms with E-state index < -0.39 is 17.7 Å². The number of nitrogens with zero attached hydrogens (tertiary/aromatic N) is 3. The van der Waals surface area contributed by atoms with Crippen LogP contribution in [-0.4, -0.2) is 37.3 Å². The summed E-state index contributed by atoms with van der Waals surface area (Å²) in [6.45, 7) is 5.15. The van der Waals surface area contributed by atoms with Crippen molar-refractivity contribution in [3.05, 3.63) is 18.1 Å². The van der Waals surface area contributed by atoms with Crippen molar-refractivity contribution in [2.75, 3.05) is 5.32 Å². The lowest BCUT2D eigenvalue weighted by atomic mass is 10.2. The van der Waals surface area contributed by atoms with Crippen molar-refractivity contribution in [3.8, 4) is 0 Å². The second-order valence-electron chi connectivity index (χ2n) is 5.44. The van der Waals surface area contributed by atoms with E-state index in [0.29, 0.717) is 11.2 Å². The van der Waals surface area contributed by atoms with Crippen LogP contribution in [0.15, 0.2) is 12.4 Å². The molecule has 0 bridgehead atoms. The highest BCUT2D eigenvalue weighted by atomic mass is 16.6. The summed E-state index contributed by atoms with van der Waals surface area (Å²) in [5.41, 5.74) is -0.0716. The first-order chi connectivity index (χ1) is 9.70. The van der Waals surface area contributed by atoms with Gasteiger partial charge < -0.3 is 14.4 Å². The lowest BCUT2D eigenvalue weighted by Gasteiger charge is -2.19. The number of ether oxygens (including phenoxy) is 1. The van der Waals surface area contributed by atoms with Gasteiger partial charge in [-0.25, -0.2) is 19.6 Å². The van der Waals surface area contributed by atoms with Crippen molar-refractivity contribution in [2.24, 2.45) is 7.05 Å². The lowest BCUT2D eigenvalue weighted by molar-refractivity contribution is 0.0636. The van der Waals surface area contributed by atoms with Crippen molar-refractivity contribution >= 4 is 28.9 Å². The lowest BCUT2D eigenvalue weighted by Crippen LogP contribution is -2.27. The number of carbonyl (C=O) groups excluding carboxylic acids is 1. The van der Waals surface area contributed by atoms with Crippen LogP contribution in [-0.2, 0) is 11.8 Å². The van der Waals surface area contributed by atoms with Crippen LogP contribution < -0.4 is 5.32 Å². The number of aromatic nitrogens is 3. The Hall–Kier alpha value is -2.64. The highest BCUT2D eigenvalue weighted by molar-refractivity contribution is 6.07. The maximum Gasteiger partial charge on any atom is 0.412 e. The van der Waals surface area contributed by atoms with Crippen molar-refractivity contribution in [1.82, 2.24) is 14.5 Å². The first-order valence-electron chi connectivity index (χ1n) is 6.23. The zero-order valence-corrected chi connectivity index (χ0v) is 12.2. The van der Waals surface area contributed by atoms with Crippen LogP contribution in [0.3, 0.4) is 0 Å². The third kappa shape index (κ3) is 2.93. The highest BCUT2D eigenvalue weighted by Gasteiger charge is 2.25. The number of fused-ring (bicyclic) bond motifs is 1. The van der Waals surface area contributed by atoms with Crippen LogP contribution in [0.2, 0.25) is 0 Å². The van der Waals surface area contributed by atoms with Gasteiger partial charge in [-0.15, -0.1) is 0 Å². The molecule has 0 saturated carbocycles. The van der Waals surface area contributed by atoms with Crippen molar-refractivity contribution in [2.45, 2.75) is 26.4 Å². The van der Waals surface area contributed by atoms with Gasteiger partial charge in [-0.05, 0) is 20.8 Å². The second-order valence-corrected chi connectivity index (χ2v) is 5.44. The molecule has 0 spiro atoms. The fraction of sp³-hybridized carbons (Fsp3) is 0.385. The molecule has 2 N–H and O–H groups in total. The van der Waals surface area contributed by atoms with E-state index in [4.69, 9.17) is 4.74 Å². The molecule has 2 aromatic heterocycles. The zero-order chi connectivity index (χ0) is 15.8. The van der Waals surface area contributed by atoms with E-state index in [1.807, 2.05) is 0 Å². The molecular formula is C13H16N4O4. The topological polar surface area (TPSA) is 106 Å². The summed E-state index contributed by atoms with van der Waals surface area (Å²) < 4.78 is 6.49. The van der Waals surface area contributed by atoms with Gasteiger partial charge in [0.1, 0.15) is 16.8 Å². The minimum Gasteiger partial charge on any atom is -0.477 e. The molecule has 2 aromatic rings. The van der Waals surface area contributed by atoms with Crippen molar-refractivity contribution in [3.63, 3.8) is 0 Å². The number of hydrogen-bond acceptors (Lipinski definition) is 5. The number of amides is 1. The SMILES string of the molecule is Cn1c(C(=O)O)c(NC(=O)OC(C)(C)C)c2nccnc21. The molecule has 0 saturated heterocycles. The normalized spacial score (nSPS) is 11.4. The maximum atomic E-state index is 11.9. The third-order valence-electron chi connectivity index (χ3n) is 2.63. The molecule has 112 valence electrons. The summed E-state index contributed by atoms with van der Waals surface area (Å²) in [4.78, 5) is 31.4. The molecule has 1 amide bonds. The van der Waals surface area contributed by atoms with E-state index in [0.717, 1.165) is 0 Å². The summed E-state index contributed by atoms with van der Waals surface area (Å²) in [6, 6.07) is 0. The average Bonchev–Trinajstić information content (AvgIpc) is 2.61. The van der Waals surface area contributed by atoms with Gasteiger partial charge >= 0.3 is 12.1 Å². The monoisotopic (exact) mass is 292 g/mol. The first-order valence-corrected chi connectivity index (χ1v) is 6.23. The number of rotatable bonds is 2. The quantitative estimate of drug-likeness (QED) is 0.877. The number of nitrogens with one attached hydrogen (secondary N) is 1. The molecule has 0 fully saturated rings. The van der Waals surface area contributed by atoms with E-state index in [2.05, 4.69) is 15.3 Å². The molecule has 8 nitrogen and oxygen atoms in total. The Morgan fingerprint density at radius 3 is 2.48 bits per heavy atom. The number of carbonyl (C=O) groups is 2. The summed E-state index contributed by atoms with van der Waals surface area (Å²) in [6.07, 6.45) is 2.13. The van der Waals surface area contributed by atoms with Gasteiger partial charge in [0.05, 0.1) is 0 Å². The van der Waals surface area contributed by atoms with E-state index in [9.17, 15) is 14.7 Å². The number of carboxylic acid groups (broad SMARTS) is 1. The molecule has 0 radical (unpaired) electrons. The van der Waals surface area contributed by atoms with Gasteiger partial charge in [0.15, 0.2) is 11.3 Å². The first kappa shape index (κ1) is 14.8. The highest BCUT2D eigenvalue weighted by Crippen LogP contribution is 2.27. The molecule has 0 aliphatic rings. The van der Waals surface area contributed by atoms with Crippen LogP contribution in [0.1, 0.15) is 31.3 Å². The third-order valence-corrected chi connectivity index (χ3v) is 2.63. The van der Waals surface area contributed by atoms with Gasteiger partial charge in [0.25, 0.3) is 0 Å². The van der Waals surface area contributed by atoms with Crippen LogP contribution >= 0.6 is 0 Å². The zero-order valence-electron chi connectivity index (χ0n) is 12.2. The largest absolute Gasteiger partial charge is 0.477 e. The van der Waals surface area contributed by atoms with E-state index in [-0.39, 0.29) is 11.4 Å². The molecule has 2 heterocycles. The standard InChI is InChI=1S/C13H16N4O4/c1-13(2,3)21-12(20)16-7-8-10(15-6-5-14-8)17(4)9(7)11(18)19/h5-6H,1-4H3,(H,16,20)(H,18,19). The molecule has 8 heteroatoms. The number of carboxylic acids is 1. The molecule has 0 unspecified atom stereocenters. The minimum atomic E-state index is -1.19. The van der Waals surface area contributed by atoms with Gasteiger partial charge in [-0.2, -0.15) is 0 Å².